The van der Waals surface area contributed by atoms with Gasteiger partial charge in [-0.3, -0.25) is 9.69 Å². The number of rotatable bonds is 5. The first-order valence-electron chi connectivity index (χ1n) is 9.23. The van der Waals surface area contributed by atoms with E-state index < -0.39 is 32.5 Å². The van der Waals surface area contributed by atoms with Crippen LogP contribution in [-0.4, -0.2) is 49.6 Å². The zero-order valence-electron chi connectivity index (χ0n) is 15.1. The second-order valence-electron chi connectivity index (χ2n) is 8.00. The highest BCUT2D eigenvalue weighted by molar-refractivity contribution is 7.92. The Bertz CT molecular complexity index is 932. The lowest BCUT2D eigenvalue weighted by molar-refractivity contribution is -0.125. The summed E-state index contributed by atoms with van der Waals surface area (Å²) in [7, 11) is -1.96. The Morgan fingerprint density at radius 1 is 1.37 bits per heavy atom. The Morgan fingerprint density at radius 2 is 2.07 bits per heavy atom. The molecule has 2 atom stereocenters. The molecular formula is C19H22FN3O3S. The van der Waals surface area contributed by atoms with Gasteiger partial charge >= 0.3 is 0 Å². The highest BCUT2D eigenvalue weighted by Crippen LogP contribution is 2.44. The van der Waals surface area contributed by atoms with Crippen LogP contribution in [0, 0.1) is 17.1 Å². The quantitative estimate of drug-likeness (QED) is 0.772. The van der Waals surface area contributed by atoms with Gasteiger partial charge in [-0.15, -0.1) is 0 Å². The third-order valence-electron chi connectivity index (χ3n) is 5.87. The molecule has 1 aromatic carbocycles. The smallest absolute Gasteiger partial charge is 0.238 e. The Balaban J connectivity index is 1.56. The summed E-state index contributed by atoms with van der Waals surface area (Å²) >= 11 is 0. The van der Waals surface area contributed by atoms with Crippen molar-refractivity contribution < 1.29 is 17.6 Å². The normalized spacial score (nSPS) is 27.1. The highest BCUT2D eigenvalue weighted by Gasteiger charge is 2.49. The van der Waals surface area contributed by atoms with Crippen LogP contribution < -0.4 is 5.32 Å². The molecule has 0 aromatic heterocycles. The summed E-state index contributed by atoms with van der Waals surface area (Å²) in [5, 5.41) is 11.2. The van der Waals surface area contributed by atoms with Crippen LogP contribution in [0.4, 0.5) is 4.39 Å². The number of carbonyl (C=O) groups excluding carboxylic acids is 1. The van der Waals surface area contributed by atoms with E-state index in [0.29, 0.717) is 18.4 Å². The molecule has 3 aliphatic rings. The predicted molar refractivity (Wildman–Crippen MR) is 96.1 cm³/mol. The number of benzene rings is 1. The molecule has 2 saturated carbocycles. The van der Waals surface area contributed by atoms with E-state index in [1.54, 1.807) is 11.9 Å². The minimum atomic E-state index is -3.68. The van der Waals surface area contributed by atoms with Crippen molar-refractivity contribution in [3.05, 3.63) is 29.6 Å². The first-order chi connectivity index (χ1) is 12.8. The molecule has 8 heteroatoms. The monoisotopic (exact) mass is 391 g/mol. The third-order valence-corrected chi connectivity index (χ3v) is 8.08. The average Bonchev–Trinajstić information content (AvgIpc) is 3.54. The van der Waals surface area contributed by atoms with E-state index in [2.05, 4.69) is 11.4 Å². The van der Waals surface area contributed by atoms with Gasteiger partial charge in [-0.1, -0.05) is 0 Å². The van der Waals surface area contributed by atoms with Gasteiger partial charge in [-0.2, -0.15) is 5.26 Å². The summed E-state index contributed by atoms with van der Waals surface area (Å²) in [5.74, 6) is -0.618. The molecule has 1 saturated heterocycles. The molecule has 2 aliphatic carbocycles. The number of hydrogen-bond acceptors (Lipinski definition) is 5. The summed E-state index contributed by atoms with van der Waals surface area (Å²) in [6, 6.07) is 5.41. The number of hydrogen-bond donors (Lipinski definition) is 1. The molecule has 1 N–H and O–H groups in total. The molecule has 0 spiro atoms. The standard InChI is InChI=1S/C19H22FN3O3S/c1-23-10-14(9-16(23)18(24)22-19(11-21)6-7-19)27(25,26)17-5-4-13(20)8-15(17)12-2-3-12/h4-5,8,12,14,16H,2-3,6-7,9-10H2,1H3,(H,22,24). The lowest BCUT2D eigenvalue weighted by Crippen LogP contribution is -2.46. The highest BCUT2D eigenvalue weighted by atomic mass is 32.2. The lowest BCUT2D eigenvalue weighted by Gasteiger charge is -2.20. The SMILES string of the molecule is CN1CC(S(=O)(=O)c2ccc(F)cc2C2CC2)CC1C(=O)NC1(C#N)CC1. The fourth-order valence-electron chi connectivity index (χ4n) is 3.86. The largest absolute Gasteiger partial charge is 0.336 e. The molecule has 2 unspecified atom stereocenters. The molecule has 1 aliphatic heterocycles. The van der Waals surface area contributed by atoms with Gasteiger partial charge in [0.05, 0.1) is 22.3 Å². The Kier molecular flexibility index (Phi) is 4.28. The predicted octanol–water partition coefficient (Wildman–Crippen LogP) is 1.72. The summed E-state index contributed by atoms with van der Waals surface area (Å²) in [6.45, 7) is 0.238. The van der Waals surface area contributed by atoms with Crippen molar-refractivity contribution in [2.24, 2.45) is 0 Å². The van der Waals surface area contributed by atoms with Gasteiger partial charge in [0, 0.05) is 6.54 Å². The van der Waals surface area contributed by atoms with Crippen molar-refractivity contribution in [3.8, 4) is 6.07 Å². The average molecular weight is 391 g/mol. The molecule has 27 heavy (non-hydrogen) atoms. The third kappa shape index (κ3) is 3.34. The number of carbonyl (C=O) groups is 1. The van der Waals surface area contributed by atoms with Crippen LogP contribution in [0.1, 0.15) is 43.6 Å². The van der Waals surface area contributed by atoms with E-state index in [9.17, 15) is 17.6 Å². The molecule has 1 aromatic rings. The number of likely N-dealkylation sites (tertiary alicyclic amines) is 1. The maximum Gasteiger partial charge on any atom is 0.238 e. The Labute approximate surface area is 158 Å². The number of amides is 1. The first-order valence-corrected chi connectivity index (χ1v) is 10.8. The fraction of sp³-hybridized carbons (Fsp3) is 0.579. The van der Waals surface area contributed by atoms with Crippen LogP contribution in [0.25, 0.3) is 0 Å². The van der Waals surface area contributed by atoms with Crippen LogP contribution in [0.3, 0.4) is 0 Å². The van der Waals surface area contributed by atoms with Crippen molar-refractivity contribution in [1.29, 1.82) is 5.26 Å². The summed E-state index contributed by atoms with van der Waals surface area (Å²) in [4.78, 5) is 14.5. The molecule has 0 bridgehead atoms. The molecule has 144 valence electrons. The zero-order chi connectivity index (χ0) is 19.4. The second kappa shape index (κ2) is 6.28. The molecule has 1 amide bonds. The van der Waals surface area contributed by atoms with Gasteiger partial charge in [0.1, 0.15) is 11.4 Å². The number of nitriles is 1. The van der Waals surface area contributed by atoms with Crippen molar-refractivity contribution in [3.63, 3.8) is 0 Å². The maximum absolute atomic E-state index is 13.6. The van der Waals surface area contributed by atoms with Gasteiger partial charge < -0.3 is 5.32 Å². The van der Waals surface area contributed by atoms with Gasteiger partial charge in [-0.05, 0) is 68.8 Å². The maximum atomic E-state index is 13.6. The van der Waals surface area contributed by atoms with Crippen LogP contribution in [0.5, 0.6) is 0 Å². The molecule has 1 heterocycles. The van der Waals surface area contributed by atoms with E-state index in [-0.39, 0.29) is 29.7 Å². The van der Waals surface area contributed by atoms with Crippen molar-refractivity contribution in [2.75, 3.05) is 13.6 Å². The molecular weight excluding hydrogens is 369 g/mol. The van der Waals surface area contributed by atoms with Gasteiger partial charge in [0.25, 0.3) is 0 Å². The minimum absolute atomic E-state index is 0.106. The second-order valence-corrected chi connectivity index (χ2v) is 10.2. The van der Waals surface area contributed by atoms with Crippen molar-refractivity contribution >= 4 is 15.7 Å². The van der Waals surface area contributed by atoms with Gasteiger partial charge in [0.15, 0.2) is 9.84 Å². The number of likely N-dealkylation sites (N-methyl/N-ethyl adjacent to an activating group) is 1. The van der Waals surface area contributed by atoms with Crippen LogP contribution in [0.2, 0.25) is 0 Å². The molecule has 3 fully saturated rings. The topological polar surface area (TPSA) is 90.3 Å². The summed E-state index contributed by atoms with van der Waals surface area (Å²) in [6.07, 6.45) is 3.19. The number of halogens is 1. The molecule has 0 radical (unpaired) electrons. The van der Waals surface area contributed by atoms with E-state index >= 15 is 0 Å². The summed E-state index contributed by atoms with van der Waals surface area (Å²) in [5.41, 5.74) is -0.211. The number of sulfone groups is 1. The lowest BCUT2D eigenvalue weighted by atomic mass is 10.1. The van der Waals surface area contributed by atoms with Crippen molar-refractivity contribution in [2.45, 2.75) is 59.7 Å². The summed E-state index contributed by atoms with van der Waals surface area (Å²) < 4.78 is 40.1. The Hall–Kier alpha value is -1.98. The van der Waals surface area contributed by atoms with E-state index in [1.165, 1.54) is 18.2 Å². The number of nitrogens with one attached hydrogen (secondary N) is 1. The van der Waals surface area contributed by atoms with E-state index in [4.69, 9.17) is 5.26 Å². The van der Waals surface area contributed by atoms with E-state index in [0.717, 1.165) is 12.8 Å². The number of nitrogens with zero attached hydrogens (tertiary/aromatic N) is 2. The van der Waals surface area contributed by atoms with Crippen LogP contribution in [0.15, 0.2) is 23.1 Å². The van der Waals surface area contributed by atoms with Gasteiger partial charge in [0.2, 0.25) is 5.91 Å². The Morgan fingerprint density at radius 3 is 2.67 bits per heavy atom. The fourth-order valence-corrected chi connectivity index (χ4v) is 5.90. The first kappa shape index (κ1) is 18.4. The van der Waals surface area contributed by atoms with Crippen molar-refractivity contribution in [1.82, 2.24) is 10.2 Å². The molecule has 6 nitrogen and oxygen atoms in total. The zero-order valence-corrected chi connectivity index (χ0v) is 15.9. The van der Waals surface area contributed by atoms with Crippen LogP contribution >= 0.6 is 0 Å². The van der Waals surface area contributed by atoms with Crippen LogP contribution in [-0.2, 0) is 14.6 Å². The van der Waals surface area contributed by atoms with E-state index in [1.807, 2.05) is 0 Å². The van der Waals surface area contributed by atoms with Gasteiger partial charge in [-0.25, -0.2) is 12.8 Å². The minimum Gasteiger partial charge on any atom is -0.336 e. The molecule has 4 rings (SSSR count).